The van der Waals surface area contributed by atoms with Crippen LogP contribution in [0, 0.1) is 5.92 Å². The van der Waals surface area contributed by atoms with Crippen molar-refractivity contribution in [3.63, 3.8) is 0 Å². The molecule has 2 aliphatic rings. The van der Waals surface area contributed by atoms with Crippen LogP contribution in [-0.4, -0.2) is 59.8 Å². The zero-order valence-corrected chi connectivity index (χ0v) is 18.1. The maximum Gasteiger partial charge on any atom is 0.320 e. The van der Waals surface area contributed by atoms with Gasteiger partial charge in [-0.3, -0.25) is 9.36 Å². The molecule has 1 aromatic carbocycles. The Balaban J connectivity index is 1.41. The number of carbonyl (C=O) groups excluding carboxylic acids is 1. The standard InChI is InChI=1S/C23H26F2N6O2/c24-23(25)31-14-28-19-12-18(16-1-3-17(4-2-16)30-8-6-26-7-9-30)29-22(21(19)31)33-10-5-15-11-20(32)27-13-15/h1-4,12,14-15,23,26H,5-11,13H2,(H,27,32)/t15-/m1/s1. The first kappa shape index (κ1) is 21.6. The molecule has 2 aromatic heterocycles. The van der Waals surface area contributed by atoms with Gasteiger partial charge in [-0.15, -0.1) is 0 Å². The van der Waals surface area contributed by atoms with Gasteiger partial charge < -0.3 is 20.3 Å². The maximum absolute atomic E-state index is 13.6. The Morgan fingerprint density at radius 3 is 2.67 bits per heavy atom. The van der Waals surface area contributed by atoms with Crippen LogP contribution >= 0.6 is 0 Å². The summed E-state index contributed by atoms with van der Waals surface area (Å²) in [4.78, 5) is 22.5. The summed E-state index contributed by atoms with van der Waals surface area (Å²) in [5, 5.41) is 6.14. The van der Waals surface area contributed by atoms with E-state index in [1.165, 1.54) is 0 Å². The molecule has 0 radical (unpaired) electrons. The lowest BCUT2D eigenvalue weighted by Gasteiger charge is -2.29. The van der Waals surface area contributed by atoms with Gasteiger partial charge in [0.1, 0.15) is 11.8 Å². The molecule has 0 unspecified atom stereocenters. The van der Waals surface area contributed by atoms with Gasteiger partial charge in [0.15, 0.2) is 0 Å². The third-order valence-corrected chi connectivity index (χ3v) is 6.20. The van der Waals surface area contributed by atoms with Crippen LogP contribution in [0.4, 0.5) is 14.5 Å². The highest BCUT2D eigenvalue weighted by Crippen LogP contribution is 2.32. The Morgan fingerprint density at radius 1 is 1.18 bits per heavy atom. The fraction of sp³-hybridized carbons (Fsp3) is 0.435. The molecule has 0 aliphatic carbocycles. The molecule has 5 rings (SSSR count). The first-order valence-electron chi connectivity index (χ1n) is 11.2. The van der Waals surface area contributed by atoms with Crippen molar-refractivity contribution in [3.05, 3.63) is 36.7 Å². The first-order valence-corrected chi connectivity index (χ1v) is 11.2. The van der Waals surface area contributed by atoms with Gasteiger partial charge in [0.05, 0.1) is 17.8 Å². The average Bonchev–Trinajstić information content (AvgIpc) is 3.46. The summed E-state index contributed by atoms with van der Waals surface area (Å²) in [6.07, 6.45) is 2.20. The second kappa shape index (κ2) is 9.30. The number of hydrogen-bond acceptors (Lipinski definition) is 6. The van der Waals surface area contributed by atoms with Gasteiger partial charge in [0.25, 0.3) is 0 Å². The Bertz CT molecular complexity index is 1130. The van der Waals surface area contributed by atoms with E-state index in [4.69, 9.17) is 4.74 Å². The molecule has 174 valence electrons. The monoisotopic (exact) mass is 456 g/mol. The quantitative estimate of drug-likeness (QED) is 0.569. The van der Waals surface area contributed by atoms with Gasteiger partial charge >= 0.3 is 6.55 Å². The molecule has 2 aliphatic heterocycles. The number of alkyl halides is 2. The summed E-state index contributed by atoms with van der Waals surface area (Å²) in [5.74, 6) is 0.333. The predicted octanol–water partition coefficient (Wildman–Crippen LogP) is 2.81. The fourth-order valence-corrected chi connectivity index (χ4v) is 4.38. The smallest absolute Gasteiger partial charge is 0.320 e. The number of nitrogens with one attached hydrogen (secondary N) is 2. The van der Waals surface area contributed by atoms with Crippen molar-refractivity contribution in [2.45, 2.75) is 19.4 Å². The van der Waals surface area contributed by atoms with Crippen molar-refractivity contribution in [2.24, 2.45) is 5.92 Å². The van der Waals surface area contributed by atoms with Crippen LogP contribution in [0.5, 0.6) is 5.88 Å². The van der Waals surface area contributed by atoms with Crippen molar-refractivity contribution >= 4 is 22.6 Å². The van der Waals surface area contributed by atoms with E-state index in [9.17, 15) is 13.6 Å². The zero-order valence-electron chi connectivity index (χ0n) is 18.1. The minimum atomic E-state index is -2.75. The second-order valence-electron chi connectivity index (χ2n) is 8.41. The Hall–Kier alpha value is -3.27. The largest absolute Gasteiger partial charge is 0.476 e. The van der Waals surface area contributed by atoms with Crippen LogP contribution < -0.4 is 20.3 Å². The third-order valence-electron chi connectivity index (χ3n) is 6.20. The molecule has 2 fully saturated rings. The lowest BCUT2D eigenvalue weighted by atomic mass is 10.1. The summed E-state index contributed by atoms with van der Waals surface area (Å²) in [7, 11) is 0. The van der Waals surface area contributed by atoms with Crippen molar-refractivity contribution in [1.29, 1.82) is 0 Å². The number of amides is 1. The van der Waals surface area contributed by atoms with Gasteiger partial charge in [-0.05, 0) is 30.5 Å². The molecular weight excluding hydrogens is 430 g/mol. The lowest BCUT2D eigenvalue weighted by Crippen LogP contribution is -2.43. The number of hydrogen-bond donors (Lipinski definition) is 2. The van der Waals surface area contributed by atoms with E-state index in [1.54, 1.807) is 6.07 Å². The van der Waals surface area contributed by atoms with Crippen LogP contribution in [0.2, 0.25) is 0 Å². The van der Waals surface area contributed by atoms with Crippen LogP contribution in [0.25, 0.3) is 22.3 Å². The summed E-state index contributed by atoms with van der Waals surface area (Å²) in [5.41, 5.74) is 3.19. The van der Waals surface area contributed by atoms with Crippen molar-refractivity contribution in [3.8, 4) is 17.1 Å². The number of pyridine rings is 1. The summed E-state index contributed by atoms with van der Waals surface area (Å²) >= 11 is 0. The number of ether oxygens (including phenoxy) is 1. The minimum Gasteiger partial charge on any atom is -0.476 e. The number of carbonyl (C=O) groups is 1. The highest BCUT2D eigenvalue weighted by atomic mass is 19.3. The minimum absolute atomic E-state index is 0.0301. The van der Waals surface area contributed by atoms with Gasteiger partial charge in [-0.25, -0.2) is 9.97 Å². The zero-order chi connectivity index (χ0) is 22.8. The molecule has 0 bridgehead atoms. The first-order chi connectivity index (χ1) is 16.1. The van der Waals surface area contributed by atoms with E-state index in [-0.39, 0.29) is 29.8 Å². The Morgan fingerprint density at radius 2 is 1.97 bits per heavy atom. The molecular formula is C23H26F2N6O2. The summed E-state index contributed by atoms with van der Waals surface area (Å²) in [6, 6.07) is 9.77. The molecule has 1 amide bonds. The molecule has 1 atom stereocenters. The number of anilines is 1. The molecule has 8 nitrogen and oxygen atoms in total. The molecule has 4 heterocycles. The average molecular weight is 456 g/mol. The number of fused-ring (bicyclic) bond motifs is 1. The van der Waals surface area contributed by atoms with E-state index in [0.717, 1.165) is 48.3 Å². The molecule has 10 heteroatoms. The maximum atomic E-state index is 13.6. The Labute approximate surface area is 189 Å². The number of benzene rings is 1. The van der Waals surface area contributed by atoms with E-state index < -0.39 is 6.55 Å². The number of piperazine rings is 1. The molecule has 0 saturated carbocycles. The van der Waals surface area contributed by atoms with Crippen LogP contribution in [0.15, 0.2) is 36.7 Å². The number of rotatable bonds is 7. The number of halogens is 2. The van der Waals surface area contributed by atoms with E-state index in [0.29, 0.717) is 30.6 Å². The fourth-order valence-electron chi connectivity index (χ4n) is 4.38. The van der Waals surface area contributed by atoms with E-state index in [2.05, 4.69) is 37.6 Å². The van der Waals surface area contributed by atoms with Crippen molar-refractivity contribution < 1.29 is 18.3 Å². The van der Waals surface area contributed by atoms with Gasteiger partial charge in [0, 0.05) is 50.4 Å². The normalized spacial score (nSPS) is 18.8. The molecule has 0 spiro atoms. The summed E-state index contributed by atoms with van der Waals surface area (Å²) < 4.78 is 33.8. The molecule has 33 heavy (non-hydrogen) atoms. The van der Waals surface area contributed by atoms with Gasteiger partial charge in [-0.1, -0.05) is 12.1 Å². The SMILES string of the molecule is O=C1C[C@@H](CCOc2nc(-c3ccc(N4CCNCC4)cc3)cc3ncn(C(F)F)c23)CN1. The number of nitrogens with zero attached hydrogens (tertiary/aromatic N) is 4. The topological polar surface area (TPSA) is 84.3 Å². The van der Waals surface area contributed by atoms with Crippen LogP contribution in [0.3, 0.4) is 0 Å². The predicted molar refractivity (Wildman–Crippen MR) is 121 cm³/mol. The molecule has 3 aromatic rings. The second-order valence-corrected chi connectivity index (χ2v) is 8.41. The molecule has 2 saturated heterocycles. The van der Waals surface area contributed by atoms with Crippen molar-refractivity contribution in [1.82, 2.24) is 25.2 Å². The van der Waals surface area contributed by atoms with Crippen LogP contribution in [-0.2, 0) is 4.79 Å². The molecule has 2 N–H and O–H groups in total. The number of aromatic nitrogens is 3. The highest BCUT2D eigenvalue weighted by Gasteiger charge is 2.23. The van der Waals surface area contributed by atoms with E-state index >= 15 is 0 Å². The lowest BCUT2D eigenvalue weighted by molar-refractivity contribution is -0.119. The Kier molecular flexibility index (Phi) is 6.08. The van der Waals surface area contributed by atoms with Gasteiger partial charge in [-0.2, -0.15) is 8.78 Å². The third kappa shape index (κ3) is 4.61. The van der Waals surface area contributed by atoms with Crippen LogP contribution in [0.1, 0.15) is 19.4 Å². The van der Waals surface area contributed by atoms with Crippen molar-refractivity contribution in [2.75, 3.05) is 44.2 Å². The highest BCUT2D eigenvalue weighted by molar-refractivity contribution is 5.85. The van der Waals surface area contributed by atoms with Gasteiger partial charge in [0.2, 0.25) is 11.8 Å². The summed E-state index contributed by atoms with van der Waals surface area (Å²) in [6.45, 7) is 1.96. The number of imidazole rings is 1. The van der Waals surface area contributed by atoms with E-state index in [1.807, 2.05) is 12.1 Å².